The number of rotatable bonds is 15. The number of benzene rings is 2. The lowest BCUT2D eigenvalue weighted by atomic mass is 9.96. The van der Waals surface area contributed by atoms with Gasteiger partial charge in [0, 0.05) is 41.3 Å². The number of halogens is 3. The molecule has 0 saturated carbocycles. The molecular formula is C45H54Cl3N5O13S4. The summed E-state index contributed by atoms with van der Waals surface area (Å²) in [6.45, 7) is -0.216. The molecule has 2 aromatic carbocycles. The average Bonchev–Trinajstić information content (AvgIpc) is 4.16. The van der Waals surface area contributed by atoms with Crippen molar-refractivity contribution >= 4 is 86.5 Å². The zero-order chi connectivity index (χ0) is 51.4. The van der Waals surface area contributed by atoms with E-state index < -0.39 is 55.2 Å². The van der Waals surface area contributed by atoms with Gasteiger partial charge in [-0.1, -0.05) is 34.8 Å². The van der Waals surface area contributed by atoms with E-state index in [4.69, 9.17) is 64.1 Å². The van der Waals surface area contributed by atoms with E-state index >= 15 is 0 Å². The van der Waals surface area contributed by atoms with Crippen LogP contribution in [0.5, 0.6) is 11.5 Å². The second-order valence-corrected chi connectivity index (χ2v) is 26.6. The minimum Gasteiger partial charge on any atom is -0.495 e. The Labute approximate surface area is 423 Å². The summed E-state index contributed by atoms with van der Waals surface area (Å²) >= 11 is 16.8. The molecule has 0 atom stereocenters. The molecule has 0 aliphatic heterocycles. The molecular weight excluding hydrogens is 1050 g/mol. The Morgan fingerprint density at radius 3 is 1.37 bits per heavy atom. The number of Topliss-reactive ketones (excluding diaryl/α,β-unsaturated/α-hetero) is 1. The van der Waals surface area contributed by atoms with Crippen molar-refractivity contribution in [2.45, 2.75) is 113 Å². The molecule has 70 heavy (non-hydrogen) atoms. The third kappa shape index (κ3) is 13.2. The number of pyridine rings is 2. The Kier molecular flexibility index (Phi) is 17.7. The van der Waals surface area contributed by atoms with Crippen LogP contribution >= 0.6 is 34.8 Å². The lowest BCUT2D eigenvalue weighted by Gasteiger charge is -2.15. The number of nitrogens with two attached hydrogens (primary N) is 1. The number of aryl methyl sites for hydroxylation is 4. The van der Waals surface area contributed by atoms with Crippen LogP contribution in [-0.2, 0) is 118 Å². The van der Waals surface area contributed by atoms with Gasteiger partial charge in [0.25, 0.3) is 0 Å². The molecule has 0 fully saturated rings. The molecule has 0 amide bonds. The highest BCUT2D eigenvalue weighted by molar-refractivity contribution is 7.92. The van der Waals surface area contributed by atoms with E-state index in [0.29, 0.717) is 0 Å². The quantitative estimate of drug-likeness (QED) is 0.110. The minimum atomic E-state index is -4.02. The number of hydrogen-bond acceptors (Lipinski definition) is 15. The van der Waals surface area contributed by atoms with Gasteiger partial charge in [-0.05, 0) is 149 Å². The second-order valence-electron chi connectivity index (χ2n) is 16.8. The maximum atomic E-state index is 13.0. The molecule has 0 saturated heterocycles. The van der Waals surface area contributed by atoms with Crippen molar-refractivity contribution in [2.24, 2.45) is 5.14 Å². The molecule has 0 spiro atoms. The molecule has 2 heterocycles. The van der Waals surface area contributed by atoms with Gasteiger partial charge >= 0.3 is 5.97 Å². The molecule has 0 unspecified atom stereocenters. The number of hydrogen-bond donors (Lipinski definition) is 3. The lowest BCUT2D eigenvalue weighted by Crippen LogP contribution is -2.21. The summed E-state index contributed by atoms with van der Waals surface area (Å²) in [6, 6.07) is 6.81. The van der Waals surface area contributed by atoms with Crippen LogP contribution in [0.4, 0.5) is 0 Å². The van der Waals surface area contributed by atoms with Gasteiger partial charge in [-0.25, -0.2) is 48.3 Å². The molecule has 0 bridgehead atoms. The molecule has 25 heteroatoms. The predicted molar refractivity (Wildman–Crippen MR) is 262 cm³/mol. The van der Waals surface area contributed by atoms with Gasteiger partial charge in [-0.15, -0.1) is 0 Å². The van der Waals surface area contributed by atoms with Crippen LogP contribution < -0.4 is 24.1 Å². The number of ether oxygens (including phenoxy) is 3. The maximum absolute atomic E-state index is 13.0. The highest BCUT2D eigenvalue weighted by Crippen LogP contribution is 2.36. The van der Waals surface area contributed by atoms with E-state index in [2.05, 4.69) is 9.44 Å². The fraction of sp³-hybridized carbons (Fsp3) is 0.467. The standard InChI is InChI=1S/C22H26N2O6S2.C15H16Cl3NO2.C8H12N2O5S2/c1-23-32(28,29)15-9-10-22(21(12-15)30-2)31(26,27)13-14(25)11-18-16-5-3-7-19(16)24-20-8-4-6-17(18)20;16-15(17,18)8-21-14(20)7-11-9-3-1-5-12(9)19-13-6-2-4-10(11)13;1-10-17(13,14)6-3-4-8(16(9,11)12)7(5-6)15-2/h9-10,12,23H,3-8,11,13H2,1-2H3;1-8H2;3-5,10H,1-2H3,(H2,9,11,12). The monoisotopic (exact) mass is 1110 g/mol. The topological polar surface area (TPSA) is 274 Å². The van der Waals surface area contributed by atoms with Crippen molar-refractivity contribution in [3.8, 4) is 11.5 Å². The number of sulfone groups is 1. The molecule has 4 N–H and O–H groups in total. The van der Waals surface area contributed by atoms with Crippen molar-refractivity contribution < 1.29 is 57.5 Å². The number of nitrogens with zero attached hydrogens (tertiary/aromatic N) is 2. The van der Waals surface area contributed by atoms with Crippen LogP contribution in [0, 0.1) is 0 Å². The fourth-order valence-electron chi connectivity index (χ4n) is 9.08. The van der Waals surface area contributed by atoms with Crippen molar-refractivity contribution in [3.63, 3.8) is 0 Å². The number of primary sulfonamides is 1. The fourth-order valence-corrected chi connectivity index (χ4v) is 12.8. The van der Waals surface area contributed by atoms with Crippen molar-refractivity contribution in [3.05, 3.63) is 92.6 Å². The maximum Gasteiger partial charge on any atom is 0.310 e. The Bertz CT molecular complexity index is 3080. The molecule has 2 aromatic heterocycles. The Morgan fingerprint density at radius 2 is 1.00 bits per heavy atom. The molecule has 382 valence electrons. The number of carbonyl (C=O) groups excluding carboxylic acids is 2. The van der Waals surface area contributed by atoms with Gasteiger partial charge in [-0.2, -0.15) is 0 Å². The van der Waals surface area contributed by atoms with Crippen molar-refractivity contribution in [2.75, 3.05) is 40.7 Å². The number of methoxy groups -OCH3 is 2. The predicted octanol–water partition coefficient (Wildman–Crippen LogP) is 4.33. The number of carbonyl (C=O) groups is 2. The summed E-state index contributed by atoms with van der Waals surface area (Å²) in [5.74, 6) is -1.64. The SMILES string of the molecule is CNS(=O)(=O)c1ccc(S(=O)(=O)CC(=O)Cc2c3c(nc4c2CCC4)CCC3)c(OC)c1.CNS(=O)(=O)c1ccc(S(N)(=O)=O)c(OC)c1.O=C(Cc1c2c(nc3c1CCC3)CCC2)OCC(Cl)(Cl)Cl. The van der Waals surface area contributed by atoms with Crippen LogP contribution in [0.3, 0.4) is 0 Å². The van der Waals surface area contributed by atoms with E-state index in [-0.39, 0.29) is 56.5 Å². The first-order chi connectivity index (χ1) is 32.8. The highest BCUT2D eigenvalue weighted by atomic mass is 35.6. The highest BCUT2D eigenvalue weighted by Gasteiger charge is 2.31. The Morgan fingerprint density at radius 1 is 0.614 bits per heavy atom. The van der Waals surface area contributed by atoms with Crippen LogP contribution in [-0.4, -0.2) is 99.9 Å². The normalized spacial score (nSPS) is 15.1. The molecule has 0 radical (unpaired) electrons. The number of alkyl halides is 3. The lowest BCUT2D eigenvalue weighted by molar-refractivity contribution is -0.142. The van der Waals surface area contributed by atoms with Crippen LogP contribution in [0.2, 0.25) is 0 Å². The van der Waals surface area contributed by atoms with Gasteiger partial charge in [0.15, 0.2) is 15.6 Å². The molecule has 4 aliphatic carbocycles. The van der Waals surface area contributed by atoms with Gasteiger partial charge in [0.2, 0.25) is 33.9 Å². The molecule has 4 aromatic rings. The average molecular weight is 1110 g/mol. The number of fused-ring (bicyclic) bond motifs is 4. The van der Waals surface area contributed by atoms with Gasteiger partial charge in [-0.3, -0.25) is 19.6 Å². The van der Waals surface area contributed by atoms with E-state index in [1.807, 2.05) is 0 Å². The summed E-state index contributed by atoms with van der Waals surface area (Å²) in [7, 11) is -10.4. The number of aromatic nitrogens is 2. The second kappa shape index (κ2) is 22.4. The largest absolute Gasteiger partial charge is 0.495 e. The van der Waals surface area contributed by atoms with E-state index in [1.165, 1.54) is 63.0 Å². The van der Waals surface area contributed by atoms with Crippen LogP contribution in [0.1, 0.15) is 81.8 Å². The molecule has 4 aliphatic rings. The van der Waals surface area contributed by atoms with Gasteiger partial charge < -0.3 is 14.2 Å². The van der Waals surface area contributed by atoms with Crippen LogP contribution in [0.15, 0.2) is 56.0 Å². The first-order valence-corrected chi connectivity index (χ1v) is 29.4. The molecule has 18 nitrogen and oxygen atoms in total. The summed E-state index contributed by atoms with van der Waals surface area (Å²) in [5.41, 5.74) is 11.3. The molecule has 8 rings (SSSR count). The zero-order valence-electron chi connectivity index (χ0n) is 38.8. The summed E-state index contributed by atoms with van der Waals surface area (Å²) in [6.07, 6.45) is 12.1. The van der Waals surface area contributed by atoms with Crippen molar-refractivity contribution in [1.29, 1.82) is 0 Å². The van der Waals surface area contributed by atoms with Crippen molar-refractivity contribution in [1.82, 2.24) is 19.4 Å². The summed E-state index contributed by atoms with van der Waals surface area (Å²) < 4.78 is 113. The third-order valence-corrected chi connectivity index (χ3v) is 18.1. The number of esters is 1. The zero-order valence-corrected chi connectivity index (χ0v) is 44.4. The number of sulfonamides is 3. The Balaban J connectivity index is 0.000000183. The first kappa shape index (κ1) is 55.3. The summed E-state index contributed by atoms with van der Waals surface area (Å²) in [4.78, 5) is 33.8. The minimum absolute atomic E-state index is 0.0704. The number of ketones is 1. The van der Waals surface area contributed by atoms with Gasteiger partial charge in [0.05, 0.1) is 30.4 Å². The summed E-state index contributed by atoms with van der Waals surface area (Å²) in [5, 5.41) is 4.95. The van der Waals surface area contributed by atoms with Gasteiger partial charge in [0.1, 0.15) is 33.6 Å². The van der Waals surface area contributed by atoms with E-state index in [1.54, 1.807) is 0 Å². The van der Waals surface area contributed by atoms with E-state index in [9.17, 15) is 43.3 Å². The third-order valence-electron chi connectivity index (χ3n) is 12.3. The smallest absolute Gasteiger partial charge is 0.310 e. The first-order valence-electron chi connectivity index (χ1n) is 22.1. The van der Waals surface area contributed by atoms with E-state index in [0.717, 1.165) is 135 Å². The number of nitrogens with one attached hydrogen (secondary N) is 2. The van der Waals surface area contributed by atoms with Crippen LogP contribution in [0.25, 0.3) is 0 Å². The Hall–Kier alpha value is -3.97.